The van der Waals surface area contributed by atoms with E-state index in [1.54, 1.807) is 6.07 Å². The number of alkyl halides is 4. The Morgan fingerprint density at radius 2 is 2.03 bits per heavy atom. The van der Waals surface area contributed by atoms with E-state index in [-0.39, 0.29) is 31.7 Å². The van der Waals surface area contributed by atoms with Gasteiger partial charge in [0.15, 0.2) is 0 Å². The number of hydrogen-bond donors (Lipinski definition) is 1. The number of benzene rings is 1. The Labute approximate surface area is 164 Å². The quantitative estimate of drug-likeness (QED) is 0.723. The van der Waals surface area contributed by atoms with Crippen molar-refractivity contribution in [2.75, 3.05) is 25.0 Å². The number of aromatic nitrogens is 2. The van der Waals surface area contributed by atoms with Gasteiger partial charge in [0.05, 0.1) is 6.54 Å². The number of nitrogens with one attached hydrogen (secondary N) is 1. The van der Waals surface area contributed by atoms with Gasteiger partial charge >= 0.3 is 6.09 Å². The van der Waals surface area contributed by atoms with Gasteiger partial charge in [-0.15, -0.1) is 0 Å². The van der Waals surface area contributed by atoms with Crippen LogP contribution < -0.4 is 5.32 Å². The fraction of sp³-hybridized carbons (Fsp3) is 0.421. The molecule has 1 N–H and O–H groups in total. The Morgan fingerprint density at radius 1 is 1.28 bits per heavy atom. The van der Waals surface area contributed by atoms with Gasteiger partial charge in [-0.25, -0.2) is 32.3 Å². The smallest absolute Gasteiger partial charge is 0.410 e. The molecule has 0 bridgehead atoms. The number of halogens is 4. The largest absolute Gasteiger partial charge is 0.445 e. The third kappa shape index (κ3) is 5.55. The average molecular weight is 412 g/mol. The predicted octanol–water partition coefficient (Wildman–Crippen LogP) is 4.12. The van der Waals surface area contributed by atoms with Crippen LogP contribution in [-0.2, 0) is 11.3 Å². The number of nitrogens with zero attached hydrogens (tertiary/aromatic N) is 3. The molecule has 1 aromatic carbocycles. The lowest BCUT2D eigenvalue weighted by Crippen LogP contribution is -2.52. The molecule has 3 rings (SSSR count). The molecule has 1 fully saturated rings. The Kier molecular flexibility index (Phi) is 6.50. The van der Waals surface area contributed by atoms with Crippen LogP contribution >= 0.6 is 0 Å². The van der Waals surface area contributed by atoms with Crippen LogP contribution in [0.25, 0.3) is 0 Å². The average Bonchev–Trinajstić information content (AvgIpc) is 2.71. The van der Waals surface area contributed by atoms with E-state index in [0.717, 1.165) is 4.90 Å². The number of hydrogen-bond acceptors (Lipinski definition) is 5. The summed E-state index contributed by atoms with van der Waals surface area (Å²) in [6, 6.07) is 6.87. The van der Waals surface area contributed by atoms with E-state index in [0.29, 0.717) is 11.4 Å². The summed E-state index contributed by atoms with van der Waals surface area (Å²) in [5.41, 5.74) is 0.357. The van der Waals surface area contributed by atoms with Gasteiger partial charge in [-0.3, -0.25) is 0 Å². The van der Waals surface area contributed by atoms with Crippen LogP contribution in [0, 0.1) is 5.92 Å². The fourth-order valence-electron chi connectivity index (χ4n) is 3.01. The van der Waals surface area contributed by atoms with Crippen LogP contribution in [0.3, 0.4) is 0 Å². The molecule has 1 saturated heterocycles. The highest BCUT2D eigenvalue weighted by atomic mass is 19.3. The lowest BCUT2D eigenvalue weighted by Gasteiger charge is -2.37. The first-order valence-electron chi connectivity index (χ1n) is 9.01. The van der Waals surface area contributed by atoms with Crippen molar-refractivity contribution < 1.29 is 27.1 Å². The van der Waals surface area contributed by atoms with Gasteiger partial charge in [0.1, 0.15) is 18.8 Å². The molecule has 0 saturated carbocycles. The minimum absolute atomic E-state index is 0.0172. The van der Waals surface area contributed by atoms with E-state index < -0.39 is 30.9 Å². The summed E-state index contributed by atoms with van der Waals surface area (Å²) in [5, 5.41) is 2.85. The van der Waals surface area contributed by atoms with Crippen molar-refractivity contribution in [2.45, 2.75) is 25.4 Å². The SMILES string of the molecule is O=C(OCc1ccc(C(F)F)cc1)N1CC[C@H](CNc2ccncn2)C(F)(F)C1. The summed E-state index contributed by atoms with van der Waals surface area (Å²) in [7, 11) is 0. The third-order valence-corrected chi connectivity index (χ3v) is 4.71. The molecule has 0 spiro atoms. The van der Waals surface area contributed by atoms with Crippen molar-refractivity contribution in [3.05, 3.63) is 54.0 Å². The Bertz CT molecular complexity index is 806. The molecule has 2 heterocycles. The van der Waals surface area contributed by atoms with Crippen LogP contribution in [0.2, 0.25) is 0 Å². The molecule has 29 heavy (non-hydrogen) atoms. The number of piperidine rings is 1. The highest BCUT2D eigenvalue weighted by molar-refractivity contribution is 5.68. The van der Waals surface area contributed by atoms with E-state index in [1.807, 2.05) is 0 Å². The van der Waals surface area contributed by atoms with Gasteiger partial charge in [-0.05, 0) is 18.1 Å². The zero-order chi connectivity index (χ0) is 20.9. The van der Waals surface area contributed by atoms with Gasteiger partial charge in [-0.2, -0.15) is 0 Å². The second kappa shape index (κ2) is 9.06. The number of likely N-dealkylation sites (tertiary alicyclic amines) is 1. The highest BCUT2D eigenvalue weighted by Crippen LogP contribution is 2.33. The van der Waals surface area contributed by atoms with Crippen LogP contribution in [0.1, 0.15) is 24.0 Å². The van der Waals surface area contributed by atoms with Gasteiger partial charge < -0.3 is 15.0 Å². The molecule has 1 aromatic heterocycles. The van der Waals surface area contributed by atoms with Crippen LogP contribution in [0.5, 0.6) is 0 Å². The minimum Gasteiger partial charge on any atom is -0.445 e. The maximum atomic E-state index is 14.5. The summed E-state index contributed by atoms with van der Waals surface area (Å²) >= 11 is 0. The number of amides is 1. The second-order valence-corrected chi connectivity index (χ2v) is 6.74. The Balaban J connectivity index is 1.49. The molecule has 6 nitrogen and oxygen atoms in total. The minimum atomic E-state index is -3.09. The summed E-state index contributed by atoms with van der Waals surface area (Å²) in [5.74, 6) is -3.59. The maximum Gasteiger partial charge on any atom is 0.410 e. The molecule has 10 heteroatoms. The summed E-state index contributed by atoms with van der Waals surface area (Å²) < 4.78 is 59.1. The van der Waals surface area contributed by atoms with Crippen molar-refractivity contribution in [3.8, 4) is 0 Å². The number of ether oxygens (including phenoxy) is 1. The topological polar surface area (TPSA) is 67.3 Å². The summed E-state index contributed by atoms with van der Waals surface area (Å²) in [4.78, 5) is 20.8. The molecular weight excluding hydrogens is 392 g/mol. The maximum absolute atomic E-state index is 14.5. The number of carbonyl (C=O) groups excluding carboxylic acids is 1. The highest BCUT2D eigenvalue weighted by Gasteiger charge is 2.46. The van der Waals surface area contributed by atoms with Crippen molar-refractivity contribution in [2.24, 2.45) is 5.92 Å². The number of anilines is 1. The van der Waals surface area contributed by atoms with Gasteiger partial charge in [0.25, 0.3) is 12.3 Å². The molecule has 0 unspecified atom stereocenters. The van der Waals surface area contributed by atoms with E-state index in [4.69, 9.17) is 4.74 Å². The van der Waals surface area contributed by atoms with Crippen LogP contribution in [0.4, 0.5) is 28.2 Å². The van der Waals surface area contributed by atoms with Gasteiger partial charge in [0.2, 0.25) is 0 Å². The molecule has 2 aromatic rings. The molecule has 1 aliphatic rings. The molecular formula is C19H20F4N4O2. The van der Waals surface area contributed by atoms with Crippen molar-refractivity contribution in [3.63, 3.8) is 0 Å². The zero-order valence-corrected chi connectivity index (χ0v) is 15.4. The summed E-state index contributed by atoms with van der Waals surface area (Å²) in [6.07, 6.45) is -0.514. The van der Waals surface area contributed by atoms with Crippen molar-refractivity contribution >= 4 is 11.9 Å². The molecule has 156 valence electrons. The van der Waals surface area contributed by atoms with Gasteiger partial charge in [-0.1, -0.05) is 24.3 Å². The molecule has 1 aliphatic heterocycles. The first-order chi connectivity index (χ1) is 13.8. The number of carbonyl (C=O) groups is 1. The first kappa shape index (κ1) is 20.8. The van der Waals surface area contributed by atoms with Crippen LogP contribution in [0.15, 0.2) is 42.9 Å². The van der Waals surface area contributed by atoms with E-state index >= 15 is 0 Å². The Hall–Kier alpha value is -2.91. The van der Waals surface area contributed by atoms with E-state index in [9.17, 15) is 22.4 Å². The van der Waals surface area contributed by atoms with E-state index in [2.05, 4.69) is 15.3 Å². The molecule has 1 amide bonds. The molecule has 1 atom stereocenters. The van der Waals surface area contributed by atoms with Gasteiger partial charge in [0, 0.05) is 30.8 Å². The van der Waals surface area contributed by atoms with Crippen molar-refractivity contribution in [1.82, 2.24) is 14.9 Å². The predicted molar refractivity (Wildman–Crippen MR) is 96.7 cm³/mol. The zero-order valence-electron chi connectivity index (χ0n) is 15.4. The second-order valence-electron chi connectivity index (χ2n) is 6.74. The fourth-order valence-corrected chi connectivity index (χ4v) is 3.01. The Morgan fingerprint density at radius 3 is 2.66 bits per heavy atom. The molecule has 0 aliphatic carbocycles. The van der Waals surface area contributed by atoms with Crippen LogP contribution in [-0.4, -0.2) is 46.5 Å². The molecule has 0 radical (unpaired) electrons. The van der Waals surface area contributed by atoms with E-state index in [1.165, 1.54) is 36.8 Å². The lowest BCUT2D eigenvalue weighted by atomic mass is 9.93. The monoisotopic (exact) mass is 412 g/mol. The standard InChI is InChI=1S/C19H20F4N4O2/c20-17(21)14-3-1-13(2-4-14)10-29-18(28)27-8-6-15(19(22,23)11-27)9-25-16-5-7-24-12-26-16/h1-5,7,12,15,17H,6,8-11H2,(H,24,25,26)/t15-/m1/s1. The third-order valence-electron chi connectivity index (χ3n) is 4.71. The number of rotatable bonds is 6. The first-order valence-corrected chi connectivity index (χ1v) is 9.01. The summed E-state index contributed by atoms with van der Waals surface area (Å²) in [6.45, 7) is -0.770. The lowest BCUT2D eigenvalue weighted by molar-refractivity contribution is -0.101. The normalized spacial score (nSPS) is 18.5. The van der Waals surface area contributed by atoms with Crippen molar-refractivity contribution in [1.29, 1.82) is 0 Å².